The highest BCUT2D eigenvalue weighted by molar-refractivity contribution is 6.31. The first-order valence-electron chi connectivity index (χ1n) is 9.23. The van der Waals surface area contributed by atoms with Crippen molar-refractivity contribution in [2.45, 2.75) is 32.4 Å². The molecule has 1 atom stereocenters. The first-order chi connectivity index (χ1) is 12.4. The average molecular weight is 385 g/mol. The predicted molar refractivity (Wildman–Crippen MR) is 104 cm³/mol. The van der Waals surface area contributed by atoms with Crippen LogP contribution in [0.4, 0.5) is 9.18 Å². The minimum atomic E-state index is -0.468. The van der Waals surface area contributed by atoms with Gasteiger partial charge in [0.15, 0.2) is 0 Å². The van der Waals surface area contributed by atoms with Crippen LogP contribution in [0.2, 0.25) is 5.02 Å². The fourth-order valence-corrected chi connectivity index (χ4v) is 3.25. The van der Waals surface area contributed by atoms with E-state index in [0.29, 0.717) is 5.56 Å². The van der Waals surface area contributed by atoms with Crippen LogP contribution in [0.15, 0.2) is 18.2 Å². The molecule has 0 radical (unpaired) electrons. The highest BCUT2D eigenvalue weighted by Crippen LogP contribution is 2.19. The van der Waals surface area contributed by atoms with E-state index in [1.165, 1.54) is 6.07 Å². The summed E-state index contributed by atoms with van der Waals surface area (Å²) in [6, 6.07) is 4.59. The average Bonchev–Trinajstić information content (AvgIpc) is 2.63. The van der Waals surface area contributed by atoms with Gasteiger partial charge in [-0.1, -0.05) is 23.7 Å². The van der Waals surface area contributed by atoms with Gasteiger partial charge in [0, 0.05) is 45.8 Å². The van der Waals surface area contributed by atoms with Crippen LogP contribution in [0.3, 0.4) is 0 Å². The summed E-state index contributed by atoms with van der Waals surface area (Å²) in [5, 5.41) is 2.88. The molecule has 1 unspecified atom stereocenters. The number of urea groups is 1. The van der Waals surface area contributed by atoms with E-state index in [1.807, 2.05) is 0 Å². The summed E-state index contributed by atoms with van der Waals surface area (Å²) in [5.74, 6) is -0.468. The van der Waals surface area contributed by atoms with Crippen molar-refractivity contribution in [3.05, 3.63) is 34.6 Å². The third kappa shape index (κ3) is 6.11. The molecule has 7 heteroatoms. The quantitative estimate of drug-likeness (QED) is 0.785. The summed E-state index contributed by atoms with van der Waals surface area (Å²) in [4.78, 5) is 18.9. The molecule has 0 aromatic heterocycles. The number of piperazine rings is 1. The Bertz CT molecular complexity index is 593. The van der Waals surface area contributed by atoms with Crippen molar-refractivity contribution in [2.75, 3.05) is 46.8 Å². The zero-order valence-corrected chi connectivity index (χ0v) is 16.7. The lowest BCUT2D eigenvalue weighted by Gasteiger charge is -2.33. The van der Waals surface area contributed by atoms with Gasteiger partial charge in [-0.05, 0) is 45.0 Å². The number of rotatable bonds is 7. The predicted octanol–water partition coefficient (Wildman–Crippen LogP) is 3.04. The maximum Gasteiger partial charge on any atom is 0.317 e. The molecular weight excluding hydrogens is 355 g/mol. The van der Waals surface area contributed by atoms with E-state index in [2.05, 4.69) is 29.1 Å². The molecule has 0 aliphatic carbocycles. The molecule has 26 heavy (non-hydrogen) atoms. The molecule has 1 aromatic rings. The second kappa shape index (κ2) is 10.1. The first kappa shape index (κ1) is 20.9. The number of hydrogen-bond donors (Lipinski definition) is 1. The normalized spacial score (nSPS) is 17.1. The van der Waals surface area contributed by atoms with Crippen LogP contribution in [0.5, 0.6) is 0 Å². The van der Waals surface area contributed by atoms with E-state index in [4.69, 9.17) is 11.6 Å². The Kier molecular flexibility index (Phi) is 8.13. The van der Waals surface area contributed by atoms with E-state index < -0.39 is 5.82 Å². The van der Waals surface area contributed by atoms with Crippen molar-refractivity contribution >= 4 is 17.6 Å². The van der Waals surface area contributed by atoms with Gasteiger partial charge in [-0.25, -0.2) is 9.18 Å². The molecule has 2 rings (SSSR count). The topological polar surface area (TPSA) is 38.8 Å². The van der Waals surface area contributed by atoms with E-state index in [-0.39, 0.29) is 23.6 Å². The van der Waals surface area contributed by atoms with Crippen molar-refractivity contribution in [3.8, 4) is 0 Å². The number of nitrogens with zero attached hydrogens (tertiary/aromatic N) is 3. The second-order valence-electron chi connectivity index (χ2n) is 7.12. The monoisotopic (exact) mass is 384 g/mol. The van der Waals surface area contributed by atoms with E-state index in [0.717, 1.165) is 45.6 Å². The summed E-state index contributed by atoms with van der Waals surface area (Å²) in [7, 11) is 3.95. The van der Waals surface area contributed by atoms with Crippen LogP contribution in [-0.4, -0.2) is 73.6 Å². The number of nitrogens with one attached hydrogen (secondary N) is 1. The molecule has 0 spiro atoms. The fraction of sp³-hybridized carbons (Fsp3) is 0.632. The summed E-state index contributed by atoms with van der Waals surface area (Å²) in [6.45, 7) is 7.84. The smallest absolute Gasteiger partial charge is 0.317 e. The molecule has 5 nitrogen and oxygen atoms in total. The number of amides is 2. The summed E-state index contributed by atoms with van der Waals surface area (Å²) < 4.78 is 13.4. The summed E-state index contributed by atoms with van der Waals surface area (Å²) >= 11 is 5.92. The van der Waals surface area contributed by atoms with Gasteiger partial charge in [0.1, 0.15) is 5.82 Å². The van der Waals surface area contributed by atoms with Crippen LogP contribution in [0.1, 0.15) is 25.3 Å². The highest BCUT2D eigenvalue weighted by atomic mass is 35.5. The van der Waals surface area contributed by atoms with Gasteiger partial charge in [-0.3, -0.25) is 0 Å². The van der Waals surface area contributed by atoms with Crippen molar-refractivity contribution in [1.29, 1.82) is 0 Å². The van der Waals surface area contributed by atoms with Gasteiger partial charge in [-0.15, -0.1) is 0 Å². The maximum atomic E-state index is 13.4. The third-order valence-electron chi connectivity index (χ3n) is 5.14. The number of carbonyl (C=O) groups is 1. The summed E-state index contributed by atoms with van der Waals surface area (Å²) in [5.41, 5.74) is 0.580. The lowest BCUT2D eigenvalue weighted by atomic mass is 10.1. The van der Waals surface area contributed by atoms with Crippen molar-refractivity contribution in [1.82, 2.24) is 20.0 Å². The maximum absolute atomic E-state index is 13.4. The van der Waals surface area contributed by atoms with Gasteiger partial charge in [0.25, 0.3) is 0 Å². The molecule has 1 heterocycles. The molecule has 2 amide bonds. The molecule has 1 N–H and O–H groups in total. The molecule has 1 fully saturated rings. The molecule has 0 bridgehead atoms. The highest BCUT2D eigenvalue weighted by Gasteiger charge is 2.18. The Morgan fingerprint density at radius 1 is 1.35 bits per heavy atom. The van der Waals surface area contributed by atoms with E-state index in [9.17, 15) is 9.18 Å². The Morgan fingerprint density at radius 3 is 2.73 bits per heavy atom. The van der Waals surface area contributed by atoms with Crippen LogP contribution in [0.25, 0.3) is 0 Å². The minimum Gasteiger partial charge on any atom is -0.334 e. The van der Waals surface area contributed by atoms with Gasteiger partial charge >= 0.3 is 6.03 Å². The first-order valence-corrected chi connectivity index (χ1v) is 9.60. The van der Waals surface area contributed by atoms with Gasteiger partial charge in [-0.2, -0.15) is 0 Å². The third-order valence-corrected chi connectivity index (χ3v) is 5.56. The van der Waals surface area contributed by atoms with Crippen LogP contribution >= 0.6 is 11.6 Å². The van der Waals surface area contributed by atoms with Crippen molar-refractivity contribution in [3.63, 3.8) is 0 Å². The standard InChI is InChI=1S/C19H30ClFN4O/c1-15(6-5-9-25-12-10-23(2)11-13-25)24(3)19(26)22-14-16-7-4-8-17(21)18(16)20/h4,7-8,15H,5-6,9-14H2,1-3H3,(H,22,26). The van der Waals surface area contributed by atoms with Crippen molar-refractivity contribution < 1.29 is 9.18 Å². The fourth-order valence-electron chi connectivity index (χ4n) is 3.06. The Balaban J connectivity index is 1.70. The molecular formula is C19H30ClFN4O. The lowest BCUT2D eigenvalue weighted by Crippen LogP contribution is -2.45. The zero-order valence-electron chi connectivity index (χ0n) is 16.0. The Labute approximate surface area is 161 Å². The second-order valence-corrected chi connectivity index (χ2v) is 7.50. The Hall–Kier alpha value is -1.37. The number of likely N-dealkylation sites (N-methyl/N-ethyl adjacent to an activating group) is 1. The zero-order chi connectivity index (χ0) is 19.1. The summed E-state index contributed by atoms with van der Waals surface area (Å²) in [6.07, 6.45) is 2.02. The lowest BCUT2D eigenvalue weighted by molar-refractivity contribution is 0.147. The minimum absolute atomic E-state index is 0.0654. The van der Waals surface area contributed by atoms with Gasteiger partial charge < -0.3 is 20.0 Å². The largest absolute Gasteiger partial charge is 0.334 e. The van der Waals surface area contributed by atoms with Gasteiger partial charge in [0.2, 0.25) is 0 Å². The molecule has 1 aliphatic heterocycles. The number of halogens is 2. The molecule has 1 aliphatic rings. The number of carbonyl (C=O) groups excluding carboxylic acids is 1. The SMILES string of the molecule is CC(CCCN1CCN(C)CC1)N(C)C(=O)NCc1cccc(F)c1Cl. The van der Waals surface area contributed by atoms with E-state index in [1.54, 1.807) is 24.1 Å². The molecule has 0 saturated carbocycles. The van der Waals surface area contributed by atoms with E-state index >= 15 is 0 Å². The molecule has 146 valence electrons. The molecule has 1 saturated heterocycles. The molecule has 1 aromatic carbocycles. The number of benzene rings is 1. The van der Waals surface area contributed by atoms with Crippen LogP contribution in [0, 0.1) is 5.82 Å². The Morgan fingerprint density at radius 2 is 2.04 bits per heavy atom. The van der Waals surface area contributed by atoms with Crippen LogP contribution < -0.4 is 5.32 Å². The van der Waals surface area contributed by atoms with Crippen LogP contribution in [-0.2, 0) is 6.54 Å². The number of hydrogen-bond acceptors (Lipinski definition) is 3. The van der Waals surface area contributed by atoms with Crippen molar-refractivity contribution in [2.24, 2.45) is 0 Å². The van der Waals surface area contributed by atoms with Gasteiger partial charge in [0.05, 0.1) is 5.02 Å².